The number of hydrogen-bond acceptors (Lipinski definition) is 8. The molecule has 1 saturated heterocycles. The summed E-state index contributed by atoms with van der Waals surface area (Å²) in [4.78, 5) is 23.9. The first-order valence-corrected chi connectivity index (χ1v) is 11.6. The Hall–Kier alpha value is -3.54. The van der Waals surface area contributed by atoms with E-state index in [0.717, 1.165) is 11.4 Å². The lowest BCUT2D eigenvalue weighted by Crippen LogP contribution is -2.40. The van der Waals surface area contributed by atoms with Crippen LogP contribution >= 0.6 is 11.5 Å². The second-order valence-electron chi connectivity index (χ2n) is 8.51. The molecule has 4 aromatic heterocycles. The van der Waals surface area contributed by atoms with Crippen molar-refractivity contribution in [2.24, 2.45) is 0 Å². The zero-order valence-electron chi connectivity index (χ0n) is 17.8. The van der Waals surface area contributed by atoms with Crippen molar-refractivity contribution in [2.45, 2.75) is 44.3 Å². The summed E-state index contributed by atoms with van der Waals surface area (Å²) in [5.74, 6) is 1.69. The van der Waals surface area contributed by atoms with Crippen LogP contribution in [0.25, 0.3) is 5.65 Å². The summed E-state index contributed by atoms with van der Waals surface area (Å²) in [6, 6.07) is 6.75. The lowest BCUT2D eigenvalue weighted by molar-refractivity contribution is -0.117. The second kappa shape index (κ2) is 7.80. The number of carbonyl (C=O) groups excluding carboxylic acids is 1. The maximum atomic E-state index is 14.5. The average Bonchev–Trinajstić information content (AvgIpc) is 3.17. The second-order valence-corrected chi connectivity index (χ2v) is 9.32. The Balaban J connectivity index is 1.30. The number of hydrogen-bond donors (Lipinski definition) is 3. The number of fused-ring (bicyclic) bond motifs is 1. The van der Waals surface area contributed by atoms with Crippen molar-refractivity contribution in [2.75, 3.05) is 22.1 Å². The van der Waals surface area contributed by atoms with Crippen LogP contribution in [0.4, 0.5) is 27.1 Å². The van der Waals surface area contributed by atoms with E-state index in [1.54, 1.807) is 15.4 Å². The van der Waals surface area contributed by atoms with Crippen molar-refractivity contribution in [1.82, 2.24) is 28.9 Å². The molecule has 2 aliphatic rings. The van der Waals surface area contributed by atoms with Gasteiger partial charge in [-0.05, 0) is 49.5 Å². The van der Waals surface area contributed by atoms with Gasteiger partial charge in [0.15, 0.2) is 5.82 Å². The van der Waals surface area contributed by atoms with Gasteiger partial charge in [0.1, 0.15) is 22.9 Å². The fourth-order valence-electron chi connectivity index (χ4n) is 4.13. The first-order chi connectivity index (χ1) is 16.0. The lowest BCUT2D eigenvalue weighted by atomic mass is 10.2. The van der Waals surface area contributed by atoms with Crippen molar-refractivity contribution in [3.8, 4) is 0 Å². The summed E-state index contributed by atoms with van der Waals surface area (Å²) in [5, 5.41) is 14.1. The highest BCUT2D eigenvalue weighted by Crippen LogP contribution is 2.39. The van der Waals surface area contributed by atoms with Crippen molar-refractivity contribution in [1.29, 1.82) is 0 Å². The van der Waals surface area contributed by atoms with Gasteiger partial charge in [-0.2, -0.15) is 19.4 Å². The third kappa shape index (κ3) is 3.90. The fourth-order valence-corrected chi connectivity index (χ4v) is 4.80. The SMILES string of the molecule is Cc1cc(NC(=O)[C@@H]2C[C@@H](F)CN2c2nc(Nc3cc(C4CC4)[nH]n3)n3cccc3n2)sn1. The van der Waals surface area contributed by atoms with Gasteiger partial charge in [-0.25, -0.2) is 4.39 Å². The predicted octanol–water partition coefficient (Wildman–Crippen LogP) is 3.39. The largest absolute Gasteiger partial charge is 0.326 e. The molecule has 0 spiro atoms. The van der Waals surface area contributed by atoms with Crippen molar-refractivity contribution in [3.63, 3.8) is 0 Å². The monoisotopic (exact) mass is 467 g/mol. The van der Waals surface area contributed by atoms with Gasteiger partial charge in [0.2, 0.25) is 17.8 Å². The van der Waals surface area contributed by atoms with Gasteiger partial charge in [-0.15, -0.1) is 0 Å². The van der Waals surface area contributed by atoms with Crippen LogP contribution in [0.3, 0.4) is 0 Å². The van der Waals surface area contributed by atoms with Crippen LogP contribution in [0.15, 0.2) is 30.5 Å². The minimum atomic E-state index is -1.15. The Kier molecular flexibility index (Phi) is 4.75. The molecule has 2 fully saturated rings. The number of aromatic amines is 1. The highest BCUT2D eigenvalue weighted by Gasteiger charge is 2.39. The number of amides is 1. The molecule has 5 heterocycles. The number of aromatic nitrogens is 6. The molecule has 170 valence electrons. The molecule has 1 aliphatic heterocycles. The first-order valence-electron chi connectivity index (χ1n) is 10.9. The molecule has 2 atom stereocenters. The topological polar surface area (TPSA) is 116 Å². The van der Waals surface area contributed by atoms with E-state index in [9.17, 15) is 9.18 Å². The van der Waals surface area contributed by atoms with Crippen LogP contribution in [-0.4, -0.2) is 53.6 Å². The number of nitrogens with one attached hydrogen (secondary N) is 3. The minimum absolute atomic E-state index is 0.0460. The van der Waals surface area contributed by atoms with E-state index < -0.39 is 12.2 Å². The van der Waals surface area contributed by atoms with Crippen LogP contribution in [0.1, 0.15) is 36.6 Å². The molecule has 6 rings (SSSR count). The molecule has 0 bridgehead atoms. The maximum Gasteiger partial charge on any atom is 0.247 e. The molecule has 4 aromatic rings. The van der Waals surface area contributed by atoms with Gasteiger partial charge in [-0.1, -0.05) is 0 Å². The molecule has 0 aromatic carbocycles. The predicted molar refractivity (Wildman–Crippen MR) is 123 cm³/mol. The number of carbonyl (C=O) groups is 1. The summed E-state index contributed by atoms with van der Waals surface area (Å²) < 4.78 is 20.5. The summed E-state index contributed by atoms with van der Waals surface area (Å²) in [7, 11) is 0. The first kappa shape index (κ1) is 20.1. The fraction of sp³-hybridized carbons (Fsp3) is 0.381. The normalized spacial score (nSPS) is 20.5. The lowest BCUT2D eigenvalue weighted by Gasteiger charge is -2.23. The minimum Gasteiger partial charge on any atom is -0.326 e. The highest BCUT2D eigenvalue weighted by atomic mass is 32.1. The molecule has 1 aliphatic carbocycles. The number of nitrogens with zero attached hydrogens (tertiary/aromatic N) is 6. The summed E-state index contributed by atoms with van der Waals surface area (Å²) in [6.45, 7) is 1.90. The average molecular weight is 468 g/mol. The van der Waals surface area contributed by atoms with Crippen molar-refractivity contribution >= 4 is 45.8 Å². The molecule has 12 heteroatoms. The van der Waals surface area contributed by atoms with Gasteiger partial charge < -0.3 is 15.5 Å². The van der Waals surface area contributed by atoms with Crippen LogP contribution in [0.2, 0.25) is 0 Å². The van der Waals surface area contributed by atoms with Gasteiger partial charge in [0, 0.05) is 30.3 Å². The van der Waals surface area contributed by atoms with Crippen molar-refractivity contribution in [3.05, 3.63) is 41.9 Å². The zero-order chi connectivity index (χ0) is 22.5. The number of rotatable bonds is 6. The zero-order valence-corrected chi connectivity index (χ0v) is 18.6. The van der Waals surface area contributed by atoms with E-state index in [1.165, 1.54) is 24.4 Å². The molecular formula is C21H22FN9OS. The number of halogens is 1. The third-order valence-electron chi connectivity index (χ3n) is 5.91. The third-order valence-corrected chi connectivity index (χ3v) is 6.71. The van der Waals surface area contributed by atoms with E-state index in [4.69, 9.17) is 0 Å². The number of anilines is 4. The Bertz CT molecular complexity index is 1330. The van der Waals surface area contributed by atoms with Gasteiger partial charge in [-0.3, -0.25) is 14.3 Å². The highest BCUT2D eigenvalue weighted by molar-refractivity contribution is 7.10. The van der Waals surface area contributed by atoms with E-state index >= 15 is 0 Å². The van der Waals surface area contributed by atoms with Gasteiger partial charge >= 0.3 is 0 Å². The summed E-state index contributed by atoms with van der Waals surface area (Å²) in [6.07, 6.45) is 3.11. The Morgan fingerprint density at radius 2 is 2.18 bits per heavy atom. The van der Waals surface area contributed by atoms with Crippen LogP contribution < -0.4 is 15.5 Å². The standard InChI is InChI=1S/C21H22FN9OS/c1-11-7-18(33-29-11)25-19(32)15-8-13(22)10-31(15)21-24-17-3-2-6-30(17)20(26-21)23-16-9-14(27-28-16)12-4-5-12/h2-3,6-7,9,12-13,15H,4-5,8,10H2,1H3,(H,25,32)(H2,23,24,26,27,28)/t13-,15+/m1/s1. The molecule has 0 unspecified atom stereocenters. The quantitative estimate of drug-likeness (QED) is 0.398. The Labute approximate surface area is 192 Å². The smallest absolute Gasteiger partial charge is 0.247 e. The molecule has 0 radical (unpaired) electrons. The number of aryl methyl sites for hydroxylation is 1. The summed E-state index contributed by atoms with van der Waals surface area (Å²) >= 11 is 1.20. The molecule has 1 amide bonds. The molecular weight excluding hydrogens is 445 g/mol. The number of alkyl halides is 1. The van der Waals surface area contributed by atoms with E-state index in [-0.39, 0.29) is 18.9 Å². The Morgan fingerprint density at radius 3 is 2.97 bits per heavy atom. The Morgan fingerprint density at radius 1 is 1.30 bits per heavy atom. The van der Waals surface area contributed by atoms with Crippen LogP contribution in [0, 0.1) is 6.92 Å². The van der Waals surface area contributed by atoms with Crippen LogP contribution in [0.5, 0.6) is 0 Å². The molecule has 10 nitrogen and oxygen atoms in total. The van der Waals surface area contributed by atoms with Gasteiger partial charge in [0.25, 0.3) is 0 Å². The van der Waals surface area contributed by atoms with Crippen molar-refractivity contribution < 1.29 is 9.18 Å². The van der Waals surface area contributed by atoms with Gasteiger partial charge in [0.05, 0.1) is 12.2 Å². The van der Waals surface area contributed by atoms with E-state index in [1.807, 2.05) is 31.3 Å². The molecule has 1 saturated carbocycles. The maximum absolute atomic E-state index is 14.5. The van der Waals surface area contributed by atoms with E-state index in [2.05, 4.69) is 35.2 Å². The number of H-pyrrole nitrogens is 1. The molecule has 3 N–H and O–H groups in total. The molecule has 33 heavy (non-hydrogen) atoms. The van der Waals surface area contributed by atoms with E-state index in [0.29, 0.717) is 34.3 Å². The summed E-state index contributed by atoms with van der Waals surface area (Å²) in [5.41, 5.74) is 2.56. The van der Waals surface area contributed by atoms with Crippen LogP contribution in [-0.2, 0) is 4.79 Å².